The number of amides is 3. The van der Waals surface area contributed by atoms with Crippen molar-refractivity contribution in [3.05, 3.63) is 28.8 Å². The molecule has 0 heterocycles. The van der Waals surface area contributed by atoms with Crippen molar-refractivity contribution >= 4 is 35.2 Å². The highest BCUT2D eigenvalue weighted by atomic mass is 35.5. The van der Waals surface area contributed by atoms with Crippen LogP contribution in [0.3, 0.4) is 0 Å². The first-order valence-electron chi connectivity index (χ1n) is 8.13. The number of rotatable bonds is 8. The number of anilines is 1. The number of carbonyl (C=O) groups is 3. The summed E-state index contributed by atoms with van der Waals surface area (Å²) in [5, 5.41) is 14.0. The fourth-order valence-corrected chi connectivity index (χ4v) is 2.48. The van der Waals surface area contributed by atoms with Gasteiger partial charge in [-0.3, -0.25) is 9.59 Å². The molecule has 0 bridgehead atoms. The van der Waals surface area contributed by atoms with E-state index in [1.807, 2.05) is 20.8 Å². The van der Waals surface area contributed by atoms with E-state index in [-0.39, 0.29) is 24.9 Å². The van der Waals surface area contributed by atoms with Crippen molar-refractivity contribution in [2.24, 2.45) is 0 Å². The molecular weight excluding hydrogens is 346 g/mol. The molecule has 0 atom stereocenters. The van der Waals surface area contributed by atoms with Gasteiger partial charge in [-0.25, -0.2) is 4.79 Å². The van der Waals surface area contributed by atoms with Crippen LogP contribution in [0.25, 0.3) is 0 Å². The maximum absolute atomic E-state index is 12.6. The molecule has 0 aliphatic carbocycles. The molecule has 0 aliphatic rings. The third-order valence-electron chi connectivity index (χ3n) is 3.53. The lowest BCUT2D eigenvalue weighted by Crippen LogP contribution is -2.37. The van der Waals surface area contributed by atoms with Gasteiger partial charge in [0.25, 0.3) is 5.91 Å². The summed E-state index contributed by atoms with van der Waals surface area (Å²) in [5.41, 5.74) is 0.754. The smallest absolute Gasteiger partial charge is 0.319 e. The number of urea groups is 1. The minimum atomic E-state index is -0.909. The lowest BCUT2D eigenvalue weighted by Gasteiger charge is -2.25. The van der Waals surface area contributed by atoms with Crippen molar-refractivity contribution in [3.63, 3.8) is 0 Å². The van der Waals surface area contributed by atoms with Crippen LogP contribution in [0.15, 0.2) is 18.2 Å². The van der Waals surface area contributed by atoms with E-state index in [1.54, 1.807) is 17.0 Å². The van der Waals surface area contributed by atoms with Crippen molar-refractivity contribution in [1.82, 2.24) is 10.2 Å². The number of carbonyl (C=O) groups excluding carboxylic acids is 2. The highest BCUT2D eigenvalue weighted by Gasteiger charge is 2.20. The molecule has 0 saturated heterocycles. The largest absolute Gasteiger partial charge is 0.481 e. The fraction of sp³-hybridized carbons (Fsp3) is 0.471. The van der Waals surface area contributed by atoms with Gasteiger partial charge in [-0.15, -0.1) is 0 Å². The van der Waals surface area contributed by atoms with Gasteiger partial charge >= 0.3 is 12.0 Å². The monoisotopic (exact) mass is 369 g/mol. The summed E-state index contributed by atoms with van der Waals surface area (Å²) in [6, 6.07) is 4.25. The Bertz CT molecular complexity index is 634. The Labute approximate surface area is 152 Å². The fourth-order valence-electron chi connectivity index (χ4n) is 2.28. The van der Waals surface area contributed by atoms with E-state index in [0.29, 0.717) is 29.2 Å². The average Bonchev–Trinajstić information content (AvgIpc) is 2.53. The van der Waals surface area contributed by atoms with Gasteiger partial charge < -0.3 is 20.6 Å². The van der Waals surface area contributed by atoms with Crippen molar-refractivity contribution in [2.45, 2.75) is 39.7 Å². The molecule has 7 nitrogen and oxygen atoms in total. The number of aliphatic carboxylic acids is 1. The molecule has 0 radical (unpaired) electrons. The maximum atomic E-state index is 12.6. The van der Waals surface area contributed by atoms with E-state index >= 15 is 0 Å². The Morgan fingerprint density at radius 1 is 1.28 bits per heavy atom. The average molecular weight is 370 g/mol. The van der Waals surface area contributed by atoms with Crippen LogP contribution >= 0.6 is 11.6 Å². The van der Waals surface area contributed by atoms with E-state index < -0.39 is 12.0 Å². The molecule has 0 aromatic heterocycles. The number of halogens is 1. The second-order valence-corrected chi connectivity index (χ2v) is 6.16. The summed E-state index contributed by atoms with van der Waals surface area (Å²) in [6.45, 7) is 6.52. The van der Waals surface area contributed by atoms with Gasteiger partial charge in [0.1, 0.15) is 0 Å². The molecule has 138 valence electrons. The van der Waals surface area contributed by atoms with Crippen LogP contribution in [0, 0.1) is 0 Å². The van der Waals surface area contributed by atoms with Crippen LogP contribution in [0.2, 0.25) is 5.02 Å². The van der Waals surface area contributed by atoms with Crippen LogP contribution in [-0.2, 0) is 4.79 Å². The lowest BCUT2D eigenvalue weighted by atomic mass is 10.1. The summed E-state index contributed by atoms with van der Waals surface area (Å²) in [7, 11) is 0. The number of carboxylic acid groups (broad SMARTS) is 1. The van der Waals surface area contributed by atoms with E-state index in [4.69, 9.17) is 16.7 Å². The number of nitrogens with one attached hydrogen (secondary N) is 2. The molecule has 1 aromatic carbocycles. The van der Waals surface area contributed by atoms with Crippen LogP contribution in [0.4, 0.5) is 10.5 Å². The molecule has 3 N–H and O–H groups in total. The summed E-state index contributed by atoms with van der Waals surface area (Å²) in [4.78, 5) is 36.5. The van der Waals surface area contributed by atoms with Gasteiger partial charge in [0.05, 0.1) is 10.6 Å². The Kier molecular flexibility index (Phi) is 8.21. The Balaban J connectivity index is 2.75. The summed E-state index contributed by atoms with van der Waals surface area (Å²) < 4.78 is 0. The number of hydrogen-bond donors (Lipinski definition) is 3. The van der Waals surface area contributed by atoms with Crippen molar-refractivity contribution < 1.29 is 19.5 Å². The van der Waals surface area contributed by atoms with Gasteiger partial charge in [-0.2, -0.15) is 0 Å². The Morgan fingerprint density at radius 2 is 1.96 bits per heavy atom. The summed E-state index contributed by atoms with van der Waals surface area (Å²) >= 11 is 6.13. The van der Waals surface area contributed by atoms with Gasteiger partial charge in [-0.05, 0) is 45.4 Å². The van der Waals surface area contributed by atoms with Crippen LogP contribution < -0.4 is 10.6 Å². The zero-order valence-corrected chi connectivity index (χ0v) is 15.4. The third-order valence-corrected chi connectivity index (χ3v) is 3.86. The molecule has 0 unspecified atom stereocenters. The van der Waals surface area contributed by atoms with Crippen LogP contribution in [-0.4, -0.2) is 47.0 Å². The predicted octanol–water partition coefficient (Wildman–Crippen LogP) is 3.20. The molecule has 0 fully saturated rings. The molecule has 1 aromatic rings. The number of benzene rings is 1. The van der Waals surface area contributed by atoms with Crippen molar-refractivity contribution in [1.29, 1.82) is 0 Å². The predicted molar refractivity (Wildman–Crippen MR) is 97.2 cm³/mol. The van der Waals surface area contributed by atoms with E-state index in [2.05, 4.69) is 10.6 Å². The second-order valence-electron chi connectivity index (χ2n) is 5.76. The minimum absolute atomic E-state index is 0.0120. The van der Waals surface area contributed by atoms with Gasteiger partial charge in [0.15, 0.2) is 0 Å². The minimum Gasteiger partial charge on any atom is -0.481 e. The molecule has 0 spiro atoms. The van der Waals surface area contributed by atoms with Gasteiger partial charge in [0.2, 0.25) is 0 Å². The number of hydrogen-bond acceptors (Lipinski definition) is 3. The van der Waals surface area contributed by atoms with Gasteiger partial charge in [0, 0.05) is 31.2 Å². The molecule has 0 aliphatic heterocycles. The zero-order valence-electron chi connectivity index (χ0n) is 14.6. The highest BCUT2D eigenvalue weighted by Crippen LogP contribution is 2.23. The third kappa shape index (κ3) is 6.62. The zero-order chi connectivity index (χ0) is 19.0. The Morgan fingerprint density at radius 3 is 2.52 bits per heavy atom. The molecule has 1 rings (SSSR count). The second kappa shape index (κ2) is 9.88. The van der Waals surface area contributed by atoms with Crippen molar-refractivity contribution in [3.8, 4) is 0 Å². The lowest BCUT2D eigenvalue weighted by molar-refractivity contribution is -0.137. The first-order chi connectivity index (χ1) is 11.8. The van der Waals surface area contributed by atoms with Gasteiger partial charge in [-0.1, -0.05) is 11.6 Å². The van der Waals surface area contributed by atoms with Crippen LogP contribution in [0.1, 0.15) is 44.0 Å². The van der Waals surface area contributed by atoms with E-state index in [1.165, 1.54) is 6.07 Å². The quantitative estimate of drug-likeness (QED) is 0.613. The standard InChI is InChI=1S/C17H24ClN3O4/c1-4-21(11(2)3)16(24)13-10-12(7-8-14(13)18)20-17(25)19-9-5-6-15(22)23/h7-8,10-11H,4-6,9H2,1-3H3,(H,22,23)(H2,19,20,25). The van der Waals surface area contributed by atoms with E-state index in [0.717, 1.165) is 0 Å². The number of carboxylic acids is 1. The Hall–Kier alpha value is -2.28. The molecule has 8 heteroatoms. The molecular formula is C17H24ClN3O4. The summed E-state index contributed by atoms with van der Waals surface area (Å²) in [6.07, 6.45) is 0.328. The number of nitrogens with zero attached hydrogens (tertiary/aromatic N) is 1. The van der Waals surface area contributed by atoms with Crippen molar-refractivity contribution in [2.75, 3.05) is 18.4 Å². The van der Waals surface area contributed by atoms with Crippen LogP contribution in [0.5, 0.6) is 0 Å². The SMILES string of the molecule is CCN(C(=O)c1cc(NC(=O)NCCCC(=O)O)ccc1Cl)C(C)C. The van der Waals surface area contributed by atoms with E-state index in [9.17, 15) is 14.4 Å². The molecule has 3 amide bonds. The molecule has 25 heavy (non-hydrogen) atoms. The summed E-state index contributed by atoms with van der Waals surface area (Å²) in [5.74, 6) is -1.11. The highest BCUT2D eigenvalue weighted by molar-refractivity contribution is 6.34. The topological polar surface area (TPSA) is 98.7 Å². The maximum Gasteiger partial charge on any atom is 0.319 e. The first-order valence-corrected chi connectivity index (χ1v) is 8.51. The first kappa shape index (κ1) is 20.8. The normalized spacial score (nSPS) is 10.4. The molecule has 0 saturated carbocycles.